The minimum absolute atomic E-state index is 0.238. The van der Waals surface area contributed by atoms with Gasteiger partial charge >= 0.3 is 5.97 Å². The third-order valence-corrected chi connectivity index (χ3v) is 3.92. The minimum Gasteiger partial charge on any atom is -0.466 e. The largest absolute Gasteiger partial charge is 0.466 e. The van der Waals surface area contributed by atoms with Crippen LogP contribution in [0.2, 0.25) is 0 Å². The summed E-state index contributed by atoms with van der Waals surface area (Å²) >= 11 is 0. The normalized spacial score (nSPS) is 30.1. The summed E-state index contributed by atoms with van der Waals surface area (Å²) in [5, 5.41) is 3.50. The molecule has 3 atom stereocenters. The van der Waals surface area contributed by atoms with E-state index < -0.39 is 0 Å². The van der Waals surface area contributed by atoms with Gasteiger partial charge in [-0.05, 0) is 38.0 Å². The van der Waals surface area contributed by atoms with Crippen LogP contribution in [0, 0.1) is 11.8 Å². The molecule has 1 fully saturated rings. The summed E-state index contributed by atoms with van der Waals surface area (Å²) in [7, 11) is 1.41. The molecule has 0 saturated heterocycles. The summed E-state index contributed by atoms with van der Waals surface area (Å²) in [6.07, 6.45) is 5.70. The summed E-state index contributed by atoms with van der Waals surface area (Å²) < 4.78 is 4.65. The van der Waals surface area contributed by atoms with Gasteiger partial charge in [-0.15, -0.1) is 0 Å². The molecule has 0 amide bonds. The van der Waals surface area contributed by atoms with Crippen molar-refractivity contribution in [1.29, 1.82) is 0 Å². The fraction of sp³-hybridized carbons (Fsp3) is 0.786. The Morgan fingerprint density at radius 1 is 1.35 bits per heavy atom. The van der Waals surface area contributed by atoms with Gasteiger partial charge < -0.3 is 10.1 Å². The van der Waals surface area contributed by atoms with Gasteiger partial charge in [0, 0.05) is 18.2 Å². The van der Waals surface area contributed by atoms with E-state index in [1.54, 1.807) is 6.92 Å². The van der Waals surface area contributed by atoms with E-state index in [1.807, 2.05) is 6.08 Å². The van der Waals surface area contributed by atoms with Crippen molar-refractivity contribution in [2.75, 3.05) is 13.7 Å². The standard InChI is InChI=1S/C14H25NO2/c1-10-5-6-13(9-12(10)3)15-8-7-11(2)14(16)17-4/h7,10,12-13,15H,5-6,8-9H2,1-4H3. The lowest BCUT2D eigenvalue weighted by molar-refractivity contribution is -0.136. The van der Waals surface area contributed by atoms with Crippen molar-refractivity contribution in [2.24, 2.45) is 11.8 Å². The van der Waals surface area contributed by atoms with Gasteiger partial charge in [-0.25, -0.2) is 4.79 Å². The van der Waals surface area contributed by atoms with Gasteiger partial charge in [0.05, 0.1) is 7.11 Å². The van der Waals surface area contributed by atoms with Crippen molar-refractivity contribution in [3.8, 4) is 0 Å². The van der Waals surface area contributed by atoms with Gasteiger partial charge in [0.15, 0.2) is 0 Å². The van der Waals surface area contributed by atoms with Crippen molar-refractivity contribution >= 4 is 5.97 Å². The highest BCUT2D eigenvalue weighted by Crippen LogP contribution is 2.29. The zero-order valence-corrected chi connectivity index (χ0v) is 11.5. The molecule has 0 aromatic rings. The van der Waals surface area contributed by atoms with Crippen LogP contribution in [0.25, 0.3) is 0 Å². The number of esters is 1. The Morgan fingerprint density at radius 2 is 2.06 bits per heavy atom. The topological polar surface area (TPSA) is 38.3 Å². The number of hydrogen-bond acceptors (Lipinski definition) is 3. The van der Waals surface area contributed by atoms with Crippen molar-refractivity contribution < 1.29 is 9.53 Å². The highest BCUT2D eigenvalue weighted by atomic mass is 16.5. The molecule has 0 aromatic carbocycles. The fourth-order valence-corrected chi connectivity index (χ4v) is 2.36. The van der Waals surface area contributed by atoms with E-state index in [0.29, 0.717) is 11.6 Å². The second-order valence-corrected chi connectivity index (χ2v) is 5.25. The first-order valence-corrected chi connectivity index (χ1v) is 6.53. The van der Waals surface area contributed by atoms with Crippen LogP contribution in [-0.4, -0.2) is 25.7 Å². The first-order valence-electron chi connectivity index (χ1n) is 6.53. The average molecular weight is 239 g/mol. The van der Waals surface area contributed by atoms with Crippen LogP contribution >= 0.6 is 0 Å². The molecule has 1 rings (SSSR count). The van der Waals surface area contributed by atoms with Crippen LogP contribution in [0.3, 0.4) is 0 Å². The molecule has 1 aliphatic rings. The minimum atomic E-state index is -0.238. The predicted octanol–water partition coefficient (Wildman–Crippen LogP) is 2.52. The summed E-state index contributed by atoms with van der Waals surface area (Å²) in [5.41, 5.74) is 0.678. The van der Waals surface area contributed by atoms with Crippen LogP contribution in [0.1, 0.15) is 40.0 Å². The van der Waals surface area contributed by atoms with Crippen LogP contribution in [-0.2, 0) is 9.53 Å². The number of nitrogens with one attached hydrogen (secondary N) is 1. The van der Waals surface area contributed by atoms with Gasteiger partial charge in [-0.2, -0.15) is 0 Å². The number of ether oxygens (including phenoxy) is 1. The SMILES string of the molecule is COC(=O)C(C)=CCNC1CCC(C)C(C)C1. The zero-order valence-electron chi connectivity index (χ0n) is 11.5. The Bertz CT molecular complexity index is 286. The summed E-state index contributed by atoms with van der Waals surface area (Å²) in [4.78, 5) is 11.2. The second kappa shape index (κ2) is 6.80. The van der Waals surface area contributed by atoms with Gasteiger partial charge in [0.25, 0.3) is 0 Å². The Labute approximate surface area is 105 Å². The van der Waals surface area contributed by atoms with Crippen molar-refractivity contribution in [1.82, 2.24) is 5.32 Å². The number of carbonyl (C=O) groups is 1. The summed E-state index contributed by atoms with van der Waals surface area (Å²) in [6, 6.07) is 0.600. The maximum Gasteiger partial charge on any atom is 0.333 e. The van der Waals surface area contributed by atoms with E-state index in [2.05, 4.69) is 23.9 Å². The molecule has 0 radical (unpaired) electrons. The first kappa shape index (κ1) is 14.2. The highest BCUT2D eigenvalue weighted by Gasteiger charge is 2.23. The van der Waals surface area contributed by atoms with E-state index in [0.717, 1.165) is 18.4 Å². The van der Waals surface area contributed by atoms with E-state index in [9.17, 15) is 4.79 Å². The second-order valence-electron chi connectivity index (χ2n) is 5.25. The highest BCUT2D eigenvalue weighted by molar-refractivity contribution is 5.87. The third-order valence-electron chi connectivity index (χ3n) is 3.92. The van der Waals surface area contributed by atoms with Crippen molar-refractivity contribution in [3.05, 3.63) is 11.6 Å². The molecule has 0 aliphatic heterocycles. The Kier molecular flexibility index (Phi) is 5.69. The molecule has 1 saturated carbocycles. The third kappa shape index (κ3) is 4.50. The van der Waals surface area contributed by atoms with Gasteiger partial charge in [-0.3, -0.25) is 0 Å². The molecule has 1 N–H and O–H groups in total. The van der Waals surface area contributed by atoms with E-state index in [-0.39, 0.29) is 5.97 Å². The van der Waals surface area contributed by atoms with Crippen LogP contribution in [0.4, 0.5) is 0 Å². The van der Waals surface area contributed by atoms with Gasteiger partial charge in [-0.1, -0.05) is 19.9 Å². The molecule has 0 heterocycles. The Morgan fingerprint density at radius 3 is 2.65 bits per heavy atom. The smallest absolute Gasteiger partial charge is 0.333 e. The number of carbonyl (C=O) groups excluding carboxylic acids is 1. The lowest BCUT2D eigenvalue weighted by Crippen LogP contribution is -2.36. The van der Waals surface area contributed by atoms with E-state index >= 15 is 0 Å². The number of methoxy groups -OCH3 is 1. The monoisotopic (exact) mass is 239 g/mol. The molecule has 0 spiro atoms. The lowest BCUT2D eigenvalue weighted by atomic mass is 9.79. The molecule has 17 heavy (non-hydrogen) atoms. The molecule has 3 heteroatoms. The number of hydrogen-bond donors (Lipinski definition) is 1. The quantitative estimate of drug-likeness (QED) is 0.605. The zero-order chi connectivity index (χ0) is 12.8. The van der Waals surface area contributed by atoms with Crippen LogP contribution in [0.5, 0.6) is 0 Å². The molecular weight excluding hydrogens is 214 g/mol. The fourth-order valence-electron chi connectivity index (χ4n) is 2.36. The number of rotatable bonds is 4. The Hall–Kier alpha value is -0.830. The lowest BCUT2D eigenvalue weighted by Gasteiger charge is -2.32. The Balaban J connectivity index is 2.30. The van der Waals surface area contributed by atoms with E-state index in [4.69, 9.17) is 0 Å². The molecule has 0 aromatic heterocycles. The molecule has 0 bridgehead atoms. The molecule has 3 unspecified atom stereocenters. The summed E-state index contributed by atoms with van der Waals surface area (Å²) in [6.45, 7) is 7.21. The van der Waals surface area contributed by atoms with E-state index in [1.165, 1.54) is 26.4 Å². The van der Waals surface area contributed by atoms with Crippen LogP contribution in [0.15, 0.2) is 11.6 Å². The van der Waals surface area contributed by atoms with Gasteiger partial charge in [0.1, 0.15) is 0 Å². The van der Waals surface area contributed by atoms with Crippen molar-refractivity contribution in [2.45, 2.75) is 46.1 Å². The molecule has 98 valence electrons. The predicted molar refractivity (Wildman–Crippen MR) is 69.7 cm³/mol. The average Bonchev–Trinajstić information content (AvgIpc) is 2.32. The first-order chi connectivity index (χ1) is 8.04. The maximum absolute atomic E-state index is 11.2. The molecular formula is C14H25NO2. The van der Waals surface area contributed by atoms with Gasteiger partial charge in [0.2, 0.25) is 0 Å². The molecule has 1 aliphatic carbocycles. The maximum atomic E-state index is 11.2. The van der Waals surface area contributed by atoms with Crippen LogP contribution < -0.4 is 5.32 Å². The summed E-state index contributed by atoms with van der Waals surface area (Å²) in [5.74, 6) is 1.41. The van der Waals surface area contributed by atoms with Crippen molar-refractivity contribution in [3.63, 3.8) is 0 Å². The molecule has 3 nitrogen and oxygen atoms in total.